The molecule has 1 aliphatic rings. The molecule has 2 N–H and O–H groups in total. The molecule has 4 heteroatoms. The minimum absolute atomic E-state index is 0.169. The Morgan fingerprint density at radius 3 is 2.75 bits per heavy atom. The third kappa shape index (κ3) is 1.83. The molecule has 1 saturated heterocycles. The zero-order valence-electron chi connectivity index (χ0n) is 7.36. The standard InChI is InChI=1S/C8H16NO3/c1-9(5-7(11)6-10)4-2-3-8(9)12/h7,10-11H,2-6H2,1H3/q+1. The number of carbonyl (C=O) groups is 1. The van der Waals surface area contributed by atoms with Crippen LogP contribution >= 0.6 is 0 Å². The van der Waals surface area contributed by atoms with Crippen LogP contribution in [0.3, 0.4) is 0 Å². The van der Waals surface area contributed by atoms with E-state index in [1.54, 1.807) is 0 Å². The minimum atomic E-state index is -0.767. The average molecular weight is 174 g/mol. The van der Waals surface area contributed by atoms with E-state index in [9.17, 15) is 9.90 Å². The Labute approximate surface area is 72.0 Å². The van der Waals surface area contributed by atoms with Crippen LogP contribution in [-0.4, -0.2) is 53.5 Å². The van der Waals surface area contributed by atoms with Crippen molar-refractivity contribution >= 4 is 5.91 Å². The van der Waals surface area contributed by atoms with Gasteiger partial charge in [0.15, 0.2) is 0 Å². The molecule has 0 aromatic heterocycles. The van der Waals surface area contributed by atoms with Crippen LogP contribution < -0.4 is 0 Å². The molecule has 0 spiro atoms. The number of nitrogens with zero attached hydrogens (tertiary/aromatic N) is 1. The lowest BCUT2D eigenvalue weighted by Gasteiger charge is -2.27. The van der Waals surface area contributed by atoms with E-state index in [0.29, 0.717) is 13.0 Å². The van der Waals surface area contributed by atoms with E-state index in [1.165, 1.54) is 0 Å². The molecular formula is C8H16NO3+. The van der Waals surface area contributed by atoms with Gasteiger partial charge in [0.05, 0.1) is 26.6 Å². The Kier molecular flexibility index (Phi) is 2.82. The van der Waals surface area contributed by atoms with E-state index in [0.717, 1.165) is 13.0 Å². The van der Waals surface area contributed by atoms with Crippen LogP contribution in [0.4, 0.5) is 0 Å². The Balaban J connectivity index is 2.53. The number of aliphatic hydroxyl groups is 2. The molecule has 1 fully saturated rings. The highest BCUT2D eigenvalue weighted by molar-refractivity contribution is 5.70. The topological polar surface area (TPSA) is 57.5 Å². The predicted molar refractivity (Wildman–Crippen MR) is 43.3 cm³/mol. The van der Waals surface area contributed by atoms with Crippen molar-refractivity contribution in [3.05, 3.63) is 0 Å². The highest BCUT2D eigenvalue weighted by Crippen LogP contribution is 2.18. The summed E-state index contributed by atoms with van der Waals surface area (Å²) in [5, 5.41) is 17.8. The number of rotatable bonds is 3. The van der Waals surface area contributed by atoms with Gasteiger partial charge in [-0.1, -0.05) is 0 Å². The lowest BCUT2D eigenvalue weighted by Crippen LogP contribution is -2.50. The first-order valence-corrected chi connectivity index (χ1v) is 4.25. The van der Waals surface area contributed by atoms with Gasteiger partial charge in [0.1, 0.15) is 12.6 Å². The SMILES string of the molecule is C[N+]1(CC(O)CO)CCCC1=O. The molecule has 4 nitrogen and oxygen atoms in total. The number of hydrogen-bond acceptors (Lipinski definition) is 3. The van der Waals surface area contributed by atoms with Gasteiger partial charge in [0, 0.05) is 6.42 Å². The second kappa shape index (κ2) is 3.51. The molecule has 1 rings (SSSR count). The molecule has 2 unspecified atom stereocenters. The van der Waals surface area contributed by atoms with Gasteiger partial charge in [0.2, 0.25) is 0 Å². The van der Waals surface area contributed by atoms with E-state index >= 15 is 0 Å². The van der Waals surface area contributed by atoms with Gasteiger partial charge in [-0.05, 0) is 0 Å². The van der Waals surface area contributed by atoms with Crippen molar-refractivity contribution in [2.45, 2.75) is 18.9 Å². The Hall–Kier alpha value is -0.450. The maximum atomic E-state index is 11.3. The number of amides is 1. The number of likely N-dealkylation sites (tertiary alicyclic amines) is 1. The van der Waals surface area contributed by atoms with Gasteiger partial charge >= 0.3 is 5.91 Å². The predicted octanol–water partition coefficient (Wildman–Crippen LogP) is -0.893. The van der Waals surface area contributed by atoms with Crippen LogP contribution in [-0.2, 0) is 4.79 Å². The molecule has 0 aliphatic carbocycles. The molecule has 0 bridgehead atoms. The fourth-order valence-electron chi connectivity index (χ4n) is 1.69. The molecule has 0 radical (unpaired) electrons. The summed E-state index contributed by atoms with van der Waals surface area (Å²) < 4.78 is 0.279. The van der Waals surface area contributed by atoms with Crippen molar-refractivity contribution < 1.29 is 19.5 Å². The van der Waals surface area contributed by atoms with Crippen molar-refractivity contribution in [3.63, 3.8) is 0 Å². The van der Waals surface area contributed by atoms with E-state index in [2.05, 4.69) is 0 Å². The van der Waals surface area contributed by atoms with Gasteiger partial charge in [-0.25, -0.2) is 4.79 Å². The molecule has 2 atom stereocenters. The first-order chi connectivity index (χ1) is 5.58. The molecule has 1 aliphatic heterocycles. The second-order valence-electron chi connectivity index (χ2n) is 3.64. The van der Waals surface area contributed by atoms with Crippen molar-refractivity contribution in [2.75, 3.05) is 26.7 Å². The van der Waals surface area contributed by atoms with Gasteiger partial charge < -0.3 is 10.2 Å². The molecule has 70 valence electrons. The molecular weight excluding hydrogens is 158 g/mol. The summed E-state index contributed by atoms with van der Waals surface area (Å²) in [5.41, 5.74) is 0. The Morgan fingerprint density at radius 2 is 2.33 bits per heavy atom. The molecule has 0 saturated carbocycles. The van der Waals surface area contributed by atoms with Crippen molar-refractivity contribution in [1.29, 1.82) is 0 Å². The van der Waals surface area contributed by atoms with E-state index < -0.39 is 6.10 Å². The summed E-state index contributed by atoms with van der Waals surface area (Å²) in [7, 11) is 1.81. The third-order valence-corrected chi connectivity index (χ3v) is 2.47. The Morgan fingerprint density at radius 1 is 1.67 bits per heavy atom. The largest absolute Gasteiger partial charge is 0.393 e. The maximum Gasteiger partial charge on any atom is 0.313 e. The highest BCUT2D eigenvalue weighted by Gasteiger charge is 2.38. The highest BCUT2D eigenvalue weighted by atomic mass is 16.3. The van der Waals surface area contributed by atoms with E-state index in [4.69, 9.17) is 5.11 Å². The fourth-order valence-corrected chi connectivity index (χ4v) is 1.69. The molecule has 1 heterocycles. The number of hydrogen-bond donors (Lipinski definition) is 2. The first-order valence-electron chi connectivity index (χ1n) is 4.25. The smallest absolute Gasteiger partial charge is 0.313 e. The van der Waals surface area contributed by atoms with Gasteiger partial charge in [0.25, 0.3) is 0 Å². The lowest BCUT2D eigenvalue weighted by atomic mass is 10.3. The molecule has 0 aromatic rings. The number of carbonyl (C=O) groups excluding carboxylic acids is 1. The summed E-state index contributed by atoms with van der Waals surface area (Å²) in [4.78, 5) is 11.3. The summed E-state index contributed by atoms with van der Waals surface area (Å²) in [6, 6.07) is 0. The lowest BCUT2D eigenvalue weighted by molar-refractivity contribution is -0.829. The van der Waals surface area contributed by atoms with Crippen molar-refractivity contribution in [3.8, 4) is 0 Å². The van der Waals surface area contributed by atoms with Crippen LogP contribution in [0.2, 0.25) is 0 Å². The second-order valence-corrected chi connectivity index (χ2v) is 3.64. The van der Waals surface area contributed by atoms with Crippen molar-refractivity contribution in [2.24, 2.45) is 0 Å². The third-order valence-electron chi connectivity index (χ3n) is 2.47. The zero-order valence-corrected chi connectivity index (χ0v) is 7.36. The van der Waals surface area contributed by atoms with E-state index in [-0.39, 0.29) is 17.0 Å². The van der Waals surface area contributed by atoms with E-state index in [1.807, 2.05) is 7.05 Å². The van der Waals surface area contributed by atoms with Crippen LogP contribution in [0.1, 0.15) is 12.8 Å². The quantitative estimate of drug-likeness (QED) is 0.545. The monoisotopic (exact) mass is 174 g/mol. The van der Waals surface area contributed by atoms with Crippen LogP contribution in [0.5, 0.6) is 0 Å². The fraction of sp³-hybridized carbons (Fsp3) is 0.875. The van der Waals surface area contributed by atoms with Crippen LogP contribution in [0, 0.1) is 0 Å². The van der Waals surface area contributed by atoms with Crippen LogP contribution in [0.25, 0.3) is 0 Å². The van der Waals surface area contributed by atoms with Gasteiger partial charge in [-0.15, -0.1) is 0 Å². The summed E-state index contributed by atoms with van der Waals surface area (Å²) >= 11 is 0. The Bertz CT molecular complexity index is 183. The summed E-state index contributed by atoms with van der Waals surface area (Å²) in [6.45, 7) is 0.867. The molecule has 1 amide bonds. The van der Waals surface area contributed by atoms with Gasteiger partial charge in [-0.3, -0.25) is 4.48 Å². The summed E-state index contributed by atoms with van der Waals surface area (Å²) in [5.74, 6) is 0.169. The zero-order chi connectivity index (χ0) is 9.19. The maximum absolute atomic E-state index is 11.3. The molecule has 12 heavy (non-hydrogen) atoms. The van der Waals surface area contributed by atoms with Crippen molar-refractivity contribution in [1.82, 2.24) is 0 Å². The van der Waals surface area contributed by atoms with Crippen LogP contribution in [0.15, 0.2) is 0 Å². The number of likely N-dealkylation sites (N-methyl/N-ethyl adjacent to an activating group) is 1. The number of quaternary nitrogens is 1. The average Bonchev–Trinajstić information content (AvgIpc) is 2.32. The molecule has 0 aromatic carbocycles. The normalized spacial score (nSPS) is 32.4. The first kappa shape index (κ1) is 9.64. The summed E-state index contributed by atoms with van der Waals surface area (Å²) in [6.07, 6.45) is 0.735. The van der Waals surface area contributed by atoms with Gasteiger partial charge in [-0.2, -0.15) is 0 Å². The minimum Gasteiger partial charge on any atom is -0.393 e. The number of aliphatic hydroxyl groups excluding tert-OH is 2.